The molecule has 0 atom stereocenters. The molecule has 2 amide bonds. The second-order valence-electron chi connectivity index (χ2n) is 5.45. The molecule has 0 heterocycles. The highest BCUT2D eigenvalue weighted by Crippen LogP contribution is 2.18. The molecule has 2 rings (SSSR count). The first kappa shape index (κ1) is 19.6. The van der Waals surface area contributed by atoms with E-state index in [-0.39, 0.29) is 11.3 Å². The third-order valence-electron chi connectivity index (χ3n) is 3.65. The number of benzene rings is 2. The van der Waals surface area contributed by atoms with Crippen molar-refractivity contribution in [3.05, 3.63) is 59.2 Å². The summed E-state index contributed by atoms with van der Waals surface area (Å²) in [5, 5.41) is 17.2. The molecule has 0 fully saturated rings. The summed E-state index contributed by atoms with van der Waals surface area (Å²) in [5.41, 5.74) is 3.90. The van der Waals surface area contributed by atoms with Crippen molar-refractivity contribution in [2.45, 2.75) is 13.3 Å². The monoisotopic (exact) mass is 368 g/mol. The number of ether oxygens (including phenoxy) is 1. The Kier molecular flexibility index (Phi) is 6.65. The Labute approximate surface area is 155 Å². The number of rotatable bonds is 6. The number of anilines is 1. The normalized spacial score (nSPS) is 10.4. The maximum Gasteiger partial charge on any atom is 0.329 e. The van der Waals surface area contributed by atoms with Crippen molar-refractivity contribution in [3.63, 3.8) is 0 Å². The summed E-state index contributed by atoms with van der Waals surface area (Å²) in [6.07, 6.45) is 2.07. The minimum absolute atomic E-state index is 0.143. The molecule has 0 bridgehead atoms. The molecule has 0 unspecified atom stereocenters. The van der Waals surface area contributed by atoms with Gasteiger partial charge in [0.1, 0.15) is 5.75 Å². The van der Waals surface area contributed by atoms with Crippen LogP contribution in [-0.2, 0) is 16.0 Å². The van der Waals surface area contributed by atoms with Crippen molar-refractivity contribution < 1.29 is 24.2 Å². The fourth-order valence-electron chi connectivity index (χ4n) is 2.19. The molecule has 0 saturated carbocycles. The van der Waals surface area contributed by atoms with Gasteiger partial charge in [0.2, 0.25) is 0 Å². The molecule has 2 aromatic rings. The quantitative estimate of drug-likeness (QED) is 0.442. The number of amides is 2. The van der Waals surface area contributed by atoms with Crippen LogP contribution in [0.3, 0.4) is 0 Å². The Balaban J connectivity index is 1.96. The summed E-state index contributed by atoms with van der Waals surface area (Å²) in [5.74, 6) is -3.09. The predicted molar refractivity (Wildman–Crippen MR) is 97.5 cm³/mol. The number of nitrogens with one attached hydrogen (secondary N) is 2. The molecule has 0 aromatic heterocycles. The molecular formula is C19H18N3O5-. The van der Waals surface area contributed by atoms with Crippen LogP contribution in [0.15, 0.2) is 47.6 Å². The van der Waals surface area contributed by atoms with E-state index in [1.165, 1.54) is 31.5 Å². The molecule has 2 N–H and O–H groups in total. The van der Waals surface area contributed by atoms with Gasteiger partial charge >= 0.3 is 11.8 Å². The second-order valence-corrected chi connectivity index (χ2v) is 5.45. The average Bonchev–Trinajstić information content (AvgIpc) is 2.68. The van der Waals surface area contributed by atoms with Crippen LogP contribution in [0.4, 0.5) is 5.69 Å². The number of nitrogens with zero attached hydrogens (tertiary/aromatic N) is 1. The molecule has 140 valence electrons. The minimum Gasteiger partial charge on any atom is -0.545 e. The smallest absolute Gasteiger partial charge is 0.329 e. The number of hydrogen-bond donors (Lipinski definition) is 2. The number of carboxylic acids is 1. The van der Waals surface area contributed by atoms with Crippen molar-refractivity contribution in [2.75, 3.05) is 12.4 Å². The lowest BCUT2D eigenvalue weighted by atomic mass is 10.1. The first-order valence-corrected chi connectivity index (χ1v) is 8.07. The van der Waals surface area contributed by atoms with Gasteiger partial charge in [-0.25, -0.2) is 5.43 Å². The van der Waals surface area contributed by atoms with E-state index in [2.05, 4.69) is 15.8 Å². The molecule has 0 aliphatic rings. The SMILES string of the molecule is CCc1ccc(NC(=O)C(=O)N/N=C\c2ccc(OC)c(C(=O)[O-])c2)cc1. The van der Waals surface area contributed by atoms with Gasteiger partial charge in [0.05, 0.1) is 19.3 Å². The van der Waals surface area contributed by atoms with Crippen LogP contribution >= 0.6 is 0 Å². The number of hydrogen-bond acceptors (Lipinski definition) is 6. The van der Waals surface area contributed by atoms with E-state index < -0.39 is 17.8 Å². The first-order chi connectivity index (χ1) is 12.9. The van der Waals surface area contributed by atoms with Crippen LogP contribution in [0.1, 0.15) is 28.4 Å². The van der Waals surface area contributed by atoms with E-state index >= 15 is 0 Å². The Hall–Kier alpha value is -3.68. The maximum absolute atomic E-state index is 11.8. The molecule has 0 aliphatic carbocycles. The highest BCUT2D eigenvalue weighted by Gasteiger charge is 2.12. The fraction of sp³-hybridized carbons (Fsp3) is 0.158. The number of aryl methyl sites for hydroxylation is 1. The summed E-state index contributed by atoms with van der Waals surface area (Å²) < 4.78 is 4.92. The number of aromatic carboxylic acids is 1. The van der Waals surface area contributed by atoms with Crippen LogP contribution in [0.5, 0.6) is 5.75 Å². The Morgan fingerprint density at radius 3 is 2.41 bits per heavy atom. The molecule has 8 nitrogen and oxygen atoms in total. The lowest BCUT2D eigenvalue weighted by Gasteiger charge is -2.09. The number of hydrazone groups is 1. The van der Waals surface area contributed by atoms with Crippen molar-refractivity contribution in [3.8, 4) is 5.75 Å². The largest absolute Gasteiger partial charge is 0.545 e. The van der Waals surface area contributed by atoms with Crippen molar-refractivity contribution in [1.82, 2.24) is 5.43 Å². The maximum atomic E-state index is 11.8. The highest BCUT2D eigenvalue weighted by molar-refractivity contribution is 6.39. The molecule has 0 radical (unpaired) electrons. The van der Waals surface area contributed by atoms with Crippen molar-refractivity contribution >= 4 is 29.7 Å². The standard InChI is InChI=1S/C19H19N3O5/c1-3-12-4-7-14(8-5-12)21-17(23)18(24)22-20-11-13-6-9-16(27-2)15(10-13)19(25)26/h4-11H,3H2,1-2H3,(H,21,23)(H,22,24)(H,25,26)/p-1/b20-11-. The van der Waals surface area contributed by atoms with E-state index in [0.29, 0.717) is 11.3 Å². The molecule has 0 spiro atoms. The van der Waals surface area contributed by atoms with Gasteiger partial charge in [-0.05, 0) is 47.9 Å². The lowest BCUT2D eigenvalue weighted by molar-refractivity contribution is -0.255. The Morgan fingerprint density at radius 2 is 1.81 bits per heavy atom. The summed E-state index contributed by atoms with van der Waals surface area (Å²) in [6, 6.07) is 11.4. The van der Waals surface area contributed by atoms with Crippen LogP contribution in [0, 0.1) is 0 Å². The van der Waals surface area contributed by atoms with E-state index in [4.69, 9.17) is 4.74 Å². The van der Waals surface area contributed by atoms with Gasteiger partial charge in [-0.3, -0.25) is 9.59 Å². The first-order valence-electron chi connectivity index (χ1n) is 8.07. The third kappa shape index (κ3) is 5.40. The van der Waals surface area contributed by atoms with E-state index in [9.17, 15) is 19.5 Å². The Morgan fingerprint density at radius 1 is 1.11 bits per heavy atom. The zero-order valence-corrected chi connectivity index (χ0v) is 14.8. The number of carboxylic acid groups (broad SMARTS) is 1. The van der Waals surface area contributed by atoms with E-state index in [1.807, 2.05) is 19.1 Å². The summed E-state index contributed by atoms with van der Waals surface area (Å²) in [7, 11) is 1.34. The fourth-order valence-corrected chi connectivity index (χ4v) is 2.19. The van der Waals surface area contributed by atoms with Crippen LogP contribution < -0.4 is 20.6 Å². The zero-order valence-electron chi connectivity index (χ0n) is 14.8. The van der Waals surface area contributed by atoms with Gasteiger partial charge in [-0.1, -0.05) is 19.1 Å². The molecule has 27 heavy (non-hydrogen) atoms. The van der Waals surface area contributed by atoms with Gasteiger partial charge in [-0.15, -0.1) is 0 Å². The molecular weight excluding hydrogens is 350 g/mol. The minimum atomic E-state index is -1.40. The second kappa shape index (κ2) is 9.14. The van der Waals surface area contributed by atoms with Gasteiger partial charge in [0.25, 0.3) is 0 Å². The lowest BCUT2D eigenvalue weighted by Crippen LogP contribution is -2.32. The van der Waals surface area contributed by atoms with Crippen LogP contribution in [0.2, 0.25) is 0 Å². The number of carbonyl (C=O) groups excluding carboxylic acids is 3. The third-order valence-corrected chi connectivity index (χ3v) is 3.65. The number of carbonyl (C=O) groups is 3. The molecule has 8 heteroatoms. The molecule has 0 saturated heterocycles. The van der Waals surface area contributed by atoms with Gasteiger partial charge in [-0.2, -0.15) is 5.10 Å². The summed E-state index contributed by atoms with van der Waals surface area (Å²) >= 11 is 0. The van der Waals surface area contributed by atoms with Crippen molar-refractivity contribution in [1.29, 1.82) is 0 Å². The Bertz CT molecular complexity index is 875. The van der Waals surface area contributed by atoms with Gasteiger partial charge in [0, 0.05) is 11.3 Å². The van der Waals surface area contributed by atoms with Crippen molar-refractivity contribution in [2.24, 2.45) is 5.10 Å². The molecule has 0 aliphatic heterocycles. The summed E-state index contributed by atoms with van der Waals surface area (Å²) in [4.78, 5) is 34.7. The van der Waals surface area contributed by atoms with Crippen LogP contribution in [0.25, 0.3) is 0 Å². The van der Waals surface area contributed by atoms with Gasteiger partial charge in [0.15, 0.2) is 0 Å². The van der Waals surface area contributed by atoms with Crippen LogP contribution in [-0.4, -0.2) is 31.1 Å². The topological polar surface area (TPSA) is 120 Å². The highest BCUT2D eigenvalue weighted by atomic mass is 16.5. The van der Waals surface area contributed by atoms with E-state index in [1.54, 1.807) is 12.1 Å². The number of methoxy groups -OCH3 is 1. The predicted octanol–water partition coefficient (Wildman–Crippen LogP) is 0.710. The zero-order chi connectivity index (χ0) is 19.8. The van der Waals surface area contributed by atoms with E-state index in [0.717, 1.165) is 12.0 Å². The van der Waals surface area contributed by atoms with Gasteiger partial charge < -0.3 is 20.0 Å². The molecule has 2 aromatic carbocycles. The average molecular weight is 368 g/mol. The summed E-state index contributed by atoms with van der Waals surface area (Å²) in [6.45, 7) is 2.01.